The summed E-state index contributed by atoms with van der Waals surface area (Å²) in [5.41, 5.74) is 0.525. The van der Waals surface area contributed by atoms with E-state index < -0.39 is 6.10 Å². The van der Waals surface area contributed by atoms with Crippen LogP contribution in [0, 0.1) is 0 Å². The van der Waals surface area contributed by atoms with Gasteiger partial charge < -0.3 is 14.7 Å². The molecule has 7 nitrogen and oxygen atoms in total. The average molecular weight is 385 g/mol. The molecule has 1 aromatic carbocycles. The number of amides is 1. The zero-order chi connectivity index (χ0) is 18.0. The molecule has 0 saturated carbocycles. The molecule has 25 heavy (non-hydrogen) atoms. The Kier molecular flexibility index (Phi) is 5.46. The van der Waals surface area contributed by atoms with E-state index in [2.05, 4.69) is 10.3 Å². The molecule has 9 heteroatoms. The first-order valence-corrected chi connectivity index (χ1v) is 8.65. The van der Waals surface area contributed by atoms with Crippen molar-refractivity contribution in [1.82, 2.24) is 19.9 Å². The van der Waals surface area contributed by atoms with Crippen LogP contribution in [0.2, 0.25) is 10.0 Å². The minimum absolute atomic E-state index is 0.00488. The highest BCUT2D eigenvalue weighted by Crippen LogP contribution is 2.28. The van der Waals surface area contributed by atoms with E-state index in [9.17, 15) is 9.90 Å². The van der Waals surface area contributed by atoms with Gasteiger partial charge in [0.05, 0.1) is 36.4 Å². The molecule has 1 fully saturated rings. The largest absolute Gasteiger partial charge is 0.491 e. The third-order valence-corrected chi connectivity index (χ3v) is 4.56. The number of carbonyl (C=O) groups is 1. The predicted molar refractivity (Wildman–Crippen MR) is 92.8 cm³/mol. The molecule has 1 amide bonds. The lowest BCUT2D eigenvalue weighted by atomic mass is 10.1. The summed E-state index contributed by atoms with van der Waals surface area (Å²) >= 11 is 11.9. The fourth-order valence-electron chi connectivity index (χ4n) is 2.48. The van der Waals surface area contributed by atoms with Gasteiger partial charge in [-0.15, -0.1) is 5.10 Å². The molecule has 1 atom stereocenters. The minimum atomic E-state index is -0.651. The topological polar surface area (TPSA) is 80.5 Å². The molecule has 0 spiro atoms. The smallest absolute Gasteiger partial charge is 0.226 e. The van der Waals surface area contributed by atoms with Crippen molar-refractivity contribution in [2.45, 2.75) is 25.5 Å². The van der Waals surface area contributed by atoms with E-state index in [1.54, 1.807) is 40.9 Å². The van der Waals surface area contributed by atoms with Crippen molar-refractivity contribution in [3.05, 3.63) is 40.1 Å². The highest BCUT2D eigenvalue weighted by Gasteiger charge is 2.32. The van der Waals surface area contributed by atoms with Crippen molar-refractivity contribution < 1.29 is 14.6 Å². The van der Waals surface area contributed by atoms with Crippen molar-refractivity contribution in [2.75, 3.05) is 19.7 Å². The van der Waals surface area contributed by atoms with Gasteiger partial charge in [-0.05, 0) is 19.1 Å². The summed E-state index contributed by atoms with van der Waals surface area (Å²) in [7, 11) is 0. The number of hydrogen-bond donors (Lipinski definition) is 1. The number of rotatable bonds is 6. The Morgan fingerprint density at radius 2 is 2.20 bits per heavy atom. The van der Waals surface area contributed by atoms with E-state index in [4.69, 9.17) is 27.9 Å². The number of aliphatic hydroxyl groups is 1. The first-order chi connectivity index (χ1) is 11.9. The second-order valence-electron chi connectivity index (χ2n) is 5.93. The van der Waals surface area contributed by atoms with Crippen LogP contribution in [0.5, 0.6) is 5.75 Å². The molecule has 1 aromatic heterocycles. The third kappa shape index (κ3) is 4.23. The van der Waals surface area contributed by atoms with Crippen molar-refractivity contribution in [3.8, 4) is 5.75 Å². The number of carbonyl (C=O) groups excluding carboxylic acids is 1. The number of nitrogens with zero attached hydrogens (tertiary/aromatic N) is 4. The van der Waals surface area contributed by atoms with Gasteiger partial charge in [-0.1, -0.05) is 28.4 Å². The van der Waals surface area contributed by atoms with Gasteiger partial charge in [0.25, 0.3) is 0 Å². The molecule has 0 radical (unpaired) electrons. The Morgan fingerprint density at radius 1 is 1.44 bits per heavy atom. The second-order valence-corrected chi connectivity index (χ2v) is 6.77. The Hall–Kier alpha value is -1.83. The maximum atomic E-state index is 12.2. The van der Waals surface area contributed by atoms with E-state index in [1.165, 1.54) is 0 Å². The lowest BCUT2D eigenvalue weighted by Crippen LogP contribution is -2.51. The molecule has 0 bridgehead atoms. The molecule has 0 aliphatic carbocycles. The van der Waals surface area contributed by atoms with E-state index >= 15 is 0 Å². The zero-order valence-corrected chi connectivity index (χ0v) is 15.1. The SMILES string of the molecule is CC(O)c1cn(C2CN(C(=O)CCOc3cc(Cl)ccc3Cl)C2)nn1. The van der Waals surface area contributed by atoms with Crippen LogP contribution in [-0.2, 0) is 4.79 Å². The van der Waals surface area contributed by atoms with Crippen LogP contribution in [-0.4, -0.2) is 50.6 Å². The van der Waals surface area contributed by atoms with Gasteiger partial charge in [-0.25, -0.2) is 4.68 Å². The van der Waals surface area contributed by atoms with Gasteiger partial charge in [0.1, 0.15) is 11.4 Å². The highest BCUT2D eigenvalue weighted by molar-refractivity contribution is 6.34. The van der Waals surface area contributed by atoms with Gasteiger partial charge in [0, 0.05) is 24.2 Å². The monoisotopic (exact) mass is 384 g/mol. The summed E-state index contributed by atoms with van der Waals surface area (Å²) in [4.78, 5) is 13.9. The van der Waals surface area contributed by atoms with Crippen LogP contribution < -0.4 is 4.74 Å². The summed E-state index contributed by atoms with van der Waals surface area (Å²) in [6.07, 6.45) is 1.31. The van der Waals surface area contributed by atoms with Crippen LogP contribution in [0.25, 0.3) is 0 Å². The normalized spacial score (nSPS) is 15.8. The lowest BCUT2D eigenvalue weighted by molar-refractivity contribution is -0.137. The molecular formula is C16H18Cl2N4O3. The third-order valence-electron chi connectivity index (χ3n) is 4.01. The molecule has 3 rings (SSSR count). The Labute approximate surface area is 155 Å². The first-order valence-electron chi connectivity index (χ1n) is 7.89. The second kappa shape index (κ2) is 7.59. The molecule has 2 heterocycles. The molecule has 1 unspecified atom stereocenters. The maximum Gasteiger partial charge on any atom is 0.226 e. The fourth-order valence-corrected chi connectivity index (χ4v) is 2.81. The number of aromatic nitrogens is 3. The van der Waals surface area contributed by atoms with E-state index in [0.29, 0.717) is 34.6 Å². The van der Waals surface area contributed by atoms with Crippen LogP contribution in [0.15, 0.2) is 24.4 Å². The van der Waals surface area contributed by atoms with Crippen molar-refractivity contribution in [3.63, 3.8) is 0 Å². The summed E-state index contributed by atoms with van der Waals surface area (Å²) in [6.45, 7) is 3.01. The standard InChI is InChI=1S/C16H18Cl2N4O3/c1-10(23)14-9-22(20-19-14)12-7-21(8-12)16(24)4-5-25-15-6-11(17)2-3-13(15)18/h2-3,6,9-10,12,23H,4-5,7-8H2,1H3. The van der Waals surface area contributed by atoms with Crippen molar-refractivity contribution in [2.24, 2.45) is 0 Å². The maximum absolute atomic E-state index is 12.2. The Balaban J connectivity index is 1.43. The first kappa shape index (κ1) is 18.0. The van der Waals surface area contributed by atoms with E-state index in [1.807, 2.05) is 0 Å². The number of likely N-dealkylation sites (tertiary alicyclic amines) is 1. The molecule has 1 aliphatic heterocycles. The van der Waals surface area contributed by atoms with E-state index in [0.717, 1.165) is 0 Å². The number of hydrogen-bond acceptors (Lipinski definition) is 5. The van der Waals surface area contributed by atoms with Crippen LogP contribution in [0.1, 0.15) is 31.2 Å². The molecule has 2 aromatic rings. The summed E-state index contributed by atoms with van der Waals surface area (Å²) in [5.74, 6) is 0.474. The highest BCUT2D eigenvalue weighted by atomic mass is 35.5. The van der Waals surface area contributed by atoms with Crippen LogP contribution in [0.3, 0.4) is 0 Å². The van der Waals surface area contributed by atoms with Gasteiger partial charge in [-0.3, -0.25) is 4.79 Å². The summed E-state index contributed by atoms with van der Waals surface area (Å²) in [5, 5.41) is 18.3. The summed E-state index contributed by atoms with van der Waals surface area (Å²) in [6, 6.07) is 5.04. The minimum Gasteiger partial charge on any atom is -0.491 e. The number of benzene rings is 1. The van der Waals surface area contributed by atoms with Crippen molar-refractivity contribution in [1.29, 1.82) is 0 Å². The summed E-state index contributed by atoms with van der Waals surface area (Å²) < 4.78 is 7.22. The van der Waals surface area contributed by atoms with Crippen LogP contribution >= 0.6 is 23.2 Å². The number of ether oxygens (including phenoxy) is 1. The predicted octanol–water partition coefficient (Wildman–Crippen LogP) is 2.49. The van der Waals surface area contributed by atoms with Crippen molar-refractivity contribution >= 4 is 29.1 Å². The zero-order valence-electron chi connectivity index (χ0n) is 13.6. The Bertz CT molecular complexity index is 760. The fraction of sp³-hybridized carbons (Fsp3) is 0.438. The van der Waals surface area contributed by atoms with Gasteiger partial charge >= 0.3 is 0 Å². The lowest BCUT2D eigenvalue weighted by Gasteiger charge is -2.38. The van der Waals surface area contributed by atoms with Gasteiger partial charge in [0.15, 0.2) is 0 Å². The number of halogens is 2. The van der Waals surface area contributed by atoms with Gasteiger partial charge in [0.2, 0.25) is 5.91 Å². The quantitative estimate of drug-likeness (QED) is 0.827. The van der Waals surface area contributed by atoms with Gasteiger partial charge in [-0.2, -0.15) is 0 Å². The Morgan fingerprint density at radius 3 is 2.88 bits per heavy atom. The molecule has 1 N–H and O–H groups in total. The molecule has 1 saturated heterocycles. The molecular weight excluding hydrogens is 367 g/mol. The molecule has 134 valence electrons. The van der Waals surface area contributed by atoms with Crippen LogP contribution in [0.4, 0.5) is 0 Å². The molecule has 1 aliphatic rings. The average Bonchev–Trinajstić information content (AvgIpc) is 2.99. The van der Waals surface area contributed by atoms with E-state index in [-0.39, 0.29) is 25.0 Å². The number of aliphatic hydroxyl groups excluding tert-OH is 1.